The molecule has 0 atom stereocenters. The van der Waals surface area contributed by atoms with Crippen molar-refractivity contribution < 1.29 is 9.59 Å². The number of rotatable bonds is 9. The second-order valence-corrected chi connectivity index (χ2v) is 7.78. The number of hydrogen-bond donors (Lipinski definition) is 1. The second-order valence-electron chi connectivity index (χ2n) is 7.78. The third kappa shape index (κ3) is 6.40. The lowest BCUT2D eigenvalue weighted by molar-refractivity contribution is -0.137. The Morgan fingerprint density at radius 2 is 1.76 bits per heavy atom. The van der Waals surface area contributed by atoms with Crippen LogP contribution in [-0.4, -0.2) is 29.7 Å². The summed E-state index contributed by atoms with van der Waals surface area (Å²) in [7, 11) is 0. The number of Topliss-reactive ketones (excluding diaryl/α,β-unsaturated/α-hetero) is 1. The minimum Gasteiger partial charge on any atom is -0.327 e. The minimum absolute atomic E-state index is 0.326. The van der Waals surface area contributed by atoms with E-state index in [-0.39, 0.29) is 5.78 Å². The van der Waals surface area contributed by atoms with Crippen molar-refractivity contribution in [1.29, 1.82) is 0 Å². The molecule has 0 radical (unpaired) electrons. The van der Waals surface area contributed by atoms with Gasteiger partial charge in [0, 0.05) is 13.0 Å². The fraction of sp³-hybridized carbons (Fsp3) is 0.360. The maximum absolute atomic E-state index is 11.7. The van der Waals surface area contributed by atoms with E-state index in [1.165, 1.54) is 22.9 Å². The highest BCUT2D eigenvalue weighted by atomic mass is 16.2. The van der Waals surface area contributed by atoms with Crippen molar-refractivity contribution in [3.63, 3.8) is 0 Å². The van der Waals surface area contributed by atoms with Crippen molar-refractivity contribution >= 4 is 11.7 Å². The quantitative estimate of drug-likeness (QED) is 0.638. The Balaban J connectivity index is 1.42. The maximum atomic E-state index is 11.7. The summed E-state index contributed by atoms with van der Waals surface area (Å²) >= 11 is 0. The topological polar surface area (TPSA) is 49.4 Å². The van der Waals surface area contributed by atoms with Crippen LogP contribution in [0.3, 0.4) is 0 Å². The molecule has 152 valence electrons. The van der Waals surface area contributed by atoms with Crippen LogP contribution in [0.2, 0.25) is 0 Å². The van der Waals surface area contributed by atoms with Crippen LogP contribution >= 0.6 is 0 Å². The molecule has 2 aromatic carbocycles. The number of nitrogens with one attached hydrogen (secondary N) is 1. The lowest BCUT2D eigenvalue weighted by Gasteiger charge is -2.32. The van der Waals surface area contributed by atoms with Crippen LogP contribution in [0.1, 0.15) is 37.7 Å². The van der Waals surface area contributed by atoms with Crippen molar-refractivity contribution in [2.45, 2.75) is 38.6 Å². The van der Waals surface area contributed by atoms with Crippen molar-refractivity contribution in [2.75, 3.05) is 13.1 Å². The Labute approximate surface area is 173 Å². The smallest absolute Gasteiger partial charge is 0.291 e. The Bertz CT molecular complexity index is 824. The van der Waals surface area contributed by atoms with Gasteiger partial charge in [-0.2, -0.15) is 0 Å². The highest BCUT2D eigenvalue weighted by Gasteiger charge is 2.20. The van der Waals surface area contributed by atoms with Gasteiger partial charge in [-0.05, 0) is 73.6 Å². The first-order valence-electron chi connectivity index (χ1n) is 10.5. The number of piperidine rings is 1. The molecule has 0 saturated carbocycles. The summed E-state index contributed by atoms with van der Waals surface area (Å²) in [5.74, 6) is -0.245. The van der Waals surface area contributed by atoms with Gasteiger partial charge >= 0.3 is 0 Å². The molecular weight excluding hydrogens is 360 g/mol. The van der Waals surface area contributed by atoms with E-state index in [0.29, 0.717) is 12.3 Å². The lowest BCUT2D eigenvalue weighted by Crippen LogP contribution is -2.33. The van der Waals surface area contributed by atoms with Gasteiger partial charge in [-0.1, -0.05) is 55.1 Å². The van der Waals surface area contributed by atoms with Crippen LogP contribution in [0, 0.1) is 5.92 Å². The zero-order valence-electron chi connectivity index (χ0n) is 17.0. The zero-order valence-corrected chi connectivity index (χ0v) is 17.0. The lowest BCUT2D eigenvalue weighted by atomic mass is 9.91. The Morgan fingerprint density at radius 3 is 2.48 bits per heavy atom. The van der Waals surface area contributed by atoms with E-state index >= 15 is 0 Å². The molecule has 2 aromatic rings. The van der Waals surface area contributed by atoms with E-state index in [0.717, 1.165) is 45.3 Å². The monoisotopic (exact) mass is 390 g/mol. The van der Waals surface area contributed by atoms with E-state index in [1.807, 2.05) is 6.07 Å². The first kappa shape index (κ1) is 21.0. The number of carbonyl (C=O) groups is 2. The van der Waals surface area contributed by atoms with Gasteiger partial charge in [0.2, 0.25) is 5.78 Å². The normalized spacial score (nSPS) is 15.0. The Morgan fingerprint density at radius 1 is 1.03 bits per heavy atom. The van der Waals surface area contributed by atoms with Crippen LogP contribution in [0.4, 0.5) is 0 Å². The second kappa shape index (κ2) is 10.7. The fourth-order valence-electron chi connectivity index (χ4n) is 4.01. The molecule has 29 heavy (non-hydrogen) atoms. The maximum Gasteiger partial charge on any atom is 0.291 e. The van der Waals surface area contributed by atoms with E-state index in [9.17, 15) is 9.59 Å². The van der Waals surface area contributed by atoms with Crippen LogP contribution in [-0.2, 0) is 16.1 Å². The number of likely N-dealkylation sites (tertiary alicyclic amines) is 1. The van der Waals surface area contributed by atoms with E-state index in [4.69, 9.17) is 0 Å². The summed E-state index contributed by atoms with van der Waals surface area (Å²) in [6.07, 6.45) is 5.70. The van der Waals surface area contributed by atoms with Crippen molar-refractivity contribution in [3.05, 3.63) is 72.9 Å². The van der Waals surface area contributed by atoms with Gasteiger partial charge in [-0.25, -0.2) is 0 Å². The van der Waals surface area contributed by atoms with Gasteiger partial charge in [0.25, 0.3) is 5.91 Å². The van der Waals surface area contributed by atoms with Crippen molar-refractivity contribution in [1.82, 2.24) is 10.2 Å². The van der Waals surface area contributed by atoms with Crippen LogP contribution in [0.25, 0.3) is 11.1 Å². The molecule has 1 aliphatic heterocycles. The van der Waals surface area contributed by atoms with Crippen LogP contribution in [0.15, 0.2) is 67.4 Å². The third-order valence-electron chi connectivity index (χ3n) is 5.65. The Hall–Kier alpha value is -2.72. The summed E-state index contributed by atoms with van der Waals surface area (Å²) in [6, 6.07) is 19.3. The van der Waals surface area contributed by atoms with E-state index in [2.05, 4.69) is 65.3 Å². The van der Waals surface area contributed by atoms with Crippen molar-refractivity contribution in [3.8, 4) is 11.1 Å². The molecule has 0 spiro atoms. The van der Waals surface area contributed by atoms with Gasteiger partial charge in [0.05, 0.1) is 0 Å². The molecule has 0 aromatic heterocycles. The summed E-state index contributed by atoms with van der Waals surface area (Å²) in [5.41, 5.74) is 3.87. The van der Waals surface area contributed by atoms with E-state index < -0.39 is 5.91 Å². The summed E-state index contributed by atoms with van der Waals surface area (Å²) in [6.45, 7) is 6.56. The Kier molecular flexibility index (Phi) is 7.77. The molecular formula is C25H30N2O2. The highest BCUT2D eigenvalue weighted by molar-refractivity contribution is 6.36. The summed E-state index contributed by atoms with van der Waals surface area (Å²) in [5, 5.41) is 2.35. The van der Waals surface area contributed by atoms with Gasteiger partial charge in [-0.15, -0.1) is 0 Å². The molecule has 1 amide bonds. The van der Waals surface area contributed by atoms with Gasteiger partial charge in [0.15, 0.2) is 0 Å². The minimum atomic E-state index is -0.549. The zero-order chi connectivity index (χ0) is 20.5. The van der Waals surface area contributed by atoms with Gasteiger partial charge < -0.3 is 5.32 Å². The molecule has 0 aliphatic carbocycles. The standard InChI is InChI=1S/C25H30N2O2/c1-2-26-25(29)24(28)13-7-8-20-14-16-27(17-15-20)19-21-9-6-12-23(18-21)22-10-4-3-5-11-22/h2-6,9-12,18,20H,1,7-8,13-17,19H2,(H,26,29). The summed E-state index contributed by atoms with van der Waals surface area (Å²) in [4.78, 5) is 25.6. The van der Waals surface area contributed by atoms with Crippen LogP contribution in [0.5, 0.6) is 0 Å². The predicted molar refractivity (Wildman–Crippen MR) is 117 cm³/mol. The molecule has 3 rings (SSSR count). The van der Waals surface area contributed by atoms with Gasteiger partial charge in [-0.3, -0.25) is 14.5 Å². The third-order valence-corrected chi connectivity index (χ3v) is 5.65. The molecule has 4 heteroatoms. The molecule has 0 unspecified atom stereocenters. The SMILES string of the molecule is C=CNC(=O)C(=O)CCCC1CCN(Cc2cccc(-c3ccccc3)c2)CC1. The van der Waals surface area contributed by atoms with Crippen molar-refractivity contribution in [2.24, 2.45) is 5.92 Å². The molecule has 1 aliphatic rings. The average Bonchev–Trinajstić information content (AvgIpc) is 2.76. The molecule has 0 bridgehead atoms. The number of ketones is 1. The number of carbonyl (C=O) groups excluding carboxylic acids is 2. The largest absolute Gasteiger partial charge is 0.327 e. The fourth-order valence-corrected chi connectivity index (χ4v) is 4.01. The van der Waals surface area contributed by atoms with E-state index in [1.54, 1.807) is 0 Å². The number of benzene rings is 2. The summed E-state index contributed by atoms with van der Waals surface area (Å²) < 4.78 is 0. The number of amides is 1. The molecule has 1 heterocycles. The van der Waals surface area contributed by atoms with Crippen LogP contribution < -0.4 is 5.32 Å². The van der Waals surface area contributed by atoms with Gasteiger partial charge in [0.1, 0.15) is 0 Å². The predicted octanol–water partition coefficient (Wildman–Crippen LogP) is 4.56. The molecule has 1 saturated heterocycles. The molecule has 1 N–H and O–H groups in total. The number of nitrogens with zero attached hydrogens (tertiary/aromatic N) is 1. The first-order chi connectivity index (χ1) is 14.2. The highest BCUT2D eigenvalue weighted by Crippen LogP contribution is 2.25. The number of hydrogen-bond acceptors (Lipinski definition) is 3. The molecule has 1 fully saturated rings. The first-order valence-corrected chi connectivity index (χ1v) is 10.5. The molecule has 4 nitrogen and oxygen atoms in total. The average molecular weight is 391 g/mol.